The number of carbonyl (C=O) groups is 2. The minimum atomic E-state index is -0.689. The molecule has 242 valence electrons. The number of benzene rings is 2. The summed E-state index contributed by atoms with van der Waals surface area (Å²) in [5.74, 6) is -0.257. The number of alkyl carbamates (subject to hydrolysis) is 1. The number of esters is 1. The topological polar surface area (TPSA) is 181 Å². The molecule has 1 amide bonds. The van der Waals surface area contributed by atoms with E-state index in [0.29, 0.717) is 30.1 Å². The largest absolute Gasteiger partial charge is 0.471 e. The molecule has 47 heavy (non-hydrogen) atoms. The molecule has 0 unspecified atom stereocenters. The smallest absolute Gasteiger partial charge is 0.407 e. The number of carbonyl (C=O) groups excluding carboxylic acids is 2. The van der Waals surface area contributed by atoms with Gasteiger partial charge in [-0.3, -0.25) is 0 Å². The number of aromatic amines is 1. The van der Waals surface area contributed by atoms with Gasteiger partial charge < -0.3 is 35.1 Å². The van der Waals surface area contributed by atoms with Gasteiger partial charge in [-0.05, 0) is 61.6 Å². The second kappa shape index (κ2) is 14.2. The highest BCUT2D eigenvalue weighted by molar-refractivity contribution is 7.19. The summed E-state index contributed by atoms with van der Waals surface area (Å²) in [6.07, 6.45) is 2.54. The zero-order chi connectivity index (χ0) is 33.6. The lowest BCUT2D eigenvalue weighted by Gasteiger charge is -2.19. The number of anilines is 2. The molecule has 0 aliphatic heterocycles. The number of hydrogen-bond donors (Lipinski definition) is 3. The predicted molar refractivity (Wildman–Crippen MR) is 180 cm³/mol. The Morgan fingerprint density at radius 1 is 1.13 bits per heavy atom. The number of ether oxygens (including phenoxy) is 3. The highest BCUT2D eigenvalue weighted by atomic mass is 32.1. The van der Waals surface area contributed by atoms with Gasteiger partial charge in [-0.15, -0.1) is 11.3 Å². The van der Waals surface area contributed by atoms with E-state index < -0.39 is 17.7 Å². The first-order valence-electron chi connectivity index (χ1n) is 14.6. The molecule has 5 rings (SSSR count). The van der Waals surface area contributed by atoms with Crippen molar-refractivity contribution in [2.24, 2.45) is 0 Å². The average Bonchev–Trinajstić information content (AvgIpc) is 3.67. The fourth-order valence-electron chi connectivity index (χ4n) is 4.42. The van der Waals surface area contributed by atoms with Gasteiger partial charge in [0.15, 0.2) is 11.2 Å². The monoisotopic (exact) mass is 654 g/mol. The number of hydrogen-bond acceptors (Lipinski definition) is 12. The van der Waals surface area contributed by atoms with Gasteiger partial charge in [0.1, 0.15) is 30.5 Å². The Morgan fingerprint density at radius 3 is 2.64 bits per heavy atom. The van der Waals surface area contributed by atoms with Gasteiger partial charge in [-0.2, -0.15) is 15.2 Å². The Hall–Kier alpha value is -5.68. The van der Waals surface area contributed by atoms with Crippen LogP contribution in [-0.2, 0) is 27.4 Å². The number of amides is 1. The summed E-state index contributed by atoms with van der Waals surface area (Å²) < 4.78 is 17.5. The maximum atomic E-state index is 12.4. The minimum Gasteiger partial charge on any atom is -0.471 e. The van der Waals surface area contributed by atoms with Crippen molar-refractivity contribution in [2.45, 2.75) is 39.5 Å². The number of thiophene rings is 1. The number of fused-ring (bicyclic) bond motifs is 2. The molecule has 0 aliphatic carbocycles. The van der Waals surface area contributed by atoms with E-state index in [0.717, 1.165) is 31.8 Å². The highest BCUT2D eigenvalue weighted by Gasteiger charge is 2.20. The van der Waals surface area contributed by atoms with Crippen LogP contribution >= 0.6 is 11.3 Å². The fraction of sp³-hybridized carbons (Fsp3) is 0.273. The second-order valence-electron chi connectivity index (χ2n) is 11.5. The van der Waals surface area contributed by atoms with Crippen molar-refractivity contribution >= 4 is 62.4 Å². The van der Waals surface area contributed by atoms with Crippen LogP contribution in [0.3, 0.4) is 0 Å². The summed E-state index contributed by atoms with van der Waals surface area (Å²) in [6, 6.07) is 17.4. The standard InChI is InChI=1S/C33H34N8O5S/c1-33(2,3)46-30(42)23(16-34)14-25-13-22-9-10-24(15-26(22)47-25)41(4)11-12-44-32(43)36-17-20-5-7-21(8-6-20)18-45-29-27-28(38-19-37-27)39-31(35)40-29/h5-10,13-15,19H,11-12,17-18H2,1-4H3,(H,36,43)(H3,35,37,38,39,40)/b23-14+. The summed E-state index contributed by atoms with van der Waals surface area (Å²) in [7, 11) is 1.91. The van der Waals surface area contributed by atoms with E-state index in [9.17, 15) is 14.9 Å². The molecule has 0 aliphatic rings. The Labute approximate surface area is 275 Å². The van der Waals surface area contributed by atoms with Crippen LogP contribution in [0.4, 0.5) is 16.4 Å². The number of nitrogens with two attached hydrogens (primary N) is 1. The van der Waals surface area contributed by atoms with Crippen LogP contribution < -0.4 is 20.7 Å². The Morgan fingerprint density at radius 2 is 1.89 bits per heavy atom. The number of H-pyrrole nitrogens is 1. The van der Waals surface area contributed by atoms with E-state index in [4.69, 9.17) is 19.9 Å². The van der Waals surface area contributed by atoms with Gasteiger partial charge in [0.05, 0.1) is 12.9 Å². The van der Waals surface area contributed by atoms with Gasteiger partial charge in [0.25, 0.3) is 0 Å². The molecule has 0 atom stereocenters. The predicted octanol–water partition coefficient (Wildman–Crippen LogP) is 5.34. The molecule has 0 saturated carbocycles. The van der Waals surface area contributed by atoms with E-state index in [2.05, 4.69) is 25.3 Å². The molecule has 0 saturated heterocycles. The maximum Gasteiger partial charge on any atom is 0.407 e. The van der Waals surface area contributed by atoms with Crippen LogP contribution in [0.2, 0.25) is 0 Å². The normalized spacial score (nSPS) is 11.7. The molecule has 0 radical (unpaired) electrons. The molecule has 3 aromatic heterocycles. The molecule has 0 bridgehead atoms. The van der Waals surface area contributed by atoms with Gasteiger partial charge in [-0.1, -0.05) is 30.3 Å². The zero-order valence-electron chi connectivity index (χ0n) is 26.4. The Balaban J connectivity index is 1.07. The lowest BCUT2D eigenvalue weighted by atomic mass is 10.1. The van der Waals surface area contributed by atoms with E-state index in [1.165, 1.54) is 17.7 Å². The number of nitriles is 1. The lowest BCUT2D eigenvalue weighted by Crippen LogP contribution is -2.28. The Bertz CT molecular complexity index is 1970. The van der Waals surface area contributed by atoms with Crippen molar-refractivity contribution in [3.63, 3.8) is 0 Å². The number of likely N-dealkylation sites (N-methyl/N-ethyl adjacent to an activating group) is 1. The first-order chi connectivity index (χ1) is 22.5. The summed E-state index contributed by atoms with van der Waals surface area (Å²) in [5.41, 5.74) is 8.75. The molecule has 4 N–H and O–H groups in total. The highest BCUT2D eigenvalue weighted by Crippen LogP contribution is 2.31. The third-order valence-corrected chi connectivity index (χ3v) is 7.79. The molecule has 14 heteroatoms. The van der Waals surface area contributed by atoms with Crippen molar-refractivity contribution in [2.75, 3.05) is 30.8 Å². The number of imidazole rings is 1. The molecule has 5 aromatic rings. The van der Waals surface area contributed by atoms with Crippen LogP contribution in [0.1, 0.15) is 36.8 Å². The van der Waals surface area contributed by atoms with Crippen molar-refractivity contribution in [3.8, 4) is 11.9 Å². The molecular formula is C33H34N8O5S. The van der Waals surface area contributed by atoms with Crippen LogP contribution in [0.5, 0.6) is 5.88 Å². The van der Waals surface area contributed by atoms with Crippen molar-refractivity contribution in [1.82, 2.24) is 25.3 Å². The van der Waals surface area contributed by atoms with Crippen LogP contribution in [0, 0.1) is 11.3 Å². The van der Waals surface area contributed by atoms with Crippen LogP contribution in [-0.4, -0.2) is 57.8 Å². The first kappa shape index (κ1) is 32.7. The number of nitrogen functional groups attached to an aromatic ring is 1. The molecule has 3 heterocycles. The van der Waals surface area contributed by atoms with E-state index in [-0.39, 0.29) is 24.7 Å². The van der Waals surface area contributed by atoms with Crippen LogP contribution in [0.25, 0.3) is 27.3 Å². The summed E-state index contributed by atoms with van der Waals surface area (Å²) in [6.45, 7) is 6.50. The van der Waals surface area contributed by atoms with Gasteiger partial charge in [-0.25, -0.2) is 14.6 Å². The third-order valence-electron chi connectivity index (χ3n) is 6.75. The summed E-state index contributed by atoms with van der Waals surface area (Å²) in [5, 5.41) is 13.2. The van der Waals surface area contributed by atoms with E-state index >= 15 is 0 Å². The SMILES string of the molecule is CN(CCOC(=O)NCc1ccc(COc2nc(N)nc3[nH]cnc23)cc1)c1ccc2cc(/C=C(\C#N)C(=O)OC(C)(C)C)sc2c1. The molecule has 0 fully saturated rings. The van der Waals surface area contributed by atoms with Gasteiger partial charge >= 0.3 is 12.1 Å². The van der Waals surface area contributed by atoms with Crippen molar-refractivity contribution < 1.29 is 23.8 Å². The first-order valence-corrected chi connectivity index (χ1v) is 15.5. The third kappa shape index (κ3) is 8.74. The second-order valence-corrected chi connectivity index (χ2v) is 12.7. The number of nitrogens with zero attached hydrogens (tertiary/aromatic N) is 5. The van der Waals surface area contributed by atoms with Crippen molar-refractivity contribution in [1.29, 1.82) is 5.26 Å². The van der Waals surface area contributed by atoms with Gasteiger partial charge in [0, 0.05) is 28.9 Å². The van der Waals surface area contributed by atoms with E-state index in [1.807, 2.05) is 66.5 Å². The quantitative estimate of drug-likeness (QED) is 0.0950. The van der Waals surface area contributed by atoms with Crippen LogP contribution in [0.15, 0.2) is 60.4 Å². The maximum absolute atomic E-state index is 12.4. The minimum absolute atomic E-state index is 0.0524. The average molecular weight is 655 g/mol. The zero-order valence-corrected chi connectivity index (χ0v) is 27.2. The number of nitrogens with one attached hydrogen (secondary N) is 2. The number of aromatic nitrogens is 4. The summed E-state index contributed by atoms with van der Waals surface area (Å²) in [4.78, 5) is 42.7. The fourth-order valence-corrected chi connectivity index (χ4v) is 5.46. The molecule has 2 aromatic carbocycles. The summed E-state index contributed by atoms with van der Waals surface area (Å²) >= 11 is 1.47. The van der Waals surface area contributed by atoms with Crippen molar-refractivity contribution in [3.05, 3.63) is 76.4 Å². The number of rotatable bonds is 11. The molecule has 13 nitrogen and oxygen atoms in total. The lowest BCUT2D eigenvalue weighted by molar-refractivity contribution is -0.149. The van der Waals surface area contributed by atoms with E-state index in [1.54, 1.807) is 26.8 Å². The molecule has 0 spiro atoms. The molecular weight excluding hydrogens is 620 g/mol. The van der Waals surface area contributed by atoms with Gasteiger partial charge in [0.2, 0.25) is 11.8 Å². The Kier molecular flexibility index (Phi) is 9.86.